The Labute approximate surface area is 107 Å². The van der Waals surface area contributed by atoms with Gasteiger partial charge in [0.1, 0.15) is 0 Å². The molecule has 1 rings (SSSR count). The Hall–Kier alpha value is -0.440. The van der Waals surface area contributed by atoms with E-state index in [0.29, 0.717) is 10.0 Å². The fraction of sp³-hybridized carbons (Fsp3) is 0.500. The third kappa shape index (κ3) is 4.20. The van der Waals surface area contributed by atoms with E-state index in [2.05, 4.69) is 19.2 Å². The predicted octanol–water partition coefficient (Wildman–Crippen LogP) is 4.22. The molecular weight excluding hydrogens is 245 g/mol. The summed E-state index contributed by atoms with van der Waals surface area (Å²) in [6.07, 6.45) is 0.905. The largest absolute Gasteiger partial charge is 0.384 e. The number of nitrogens with one attached hydrogen (secondary N) is 1. The number of ether oxygens (including phenoxy) is 1. The van der Waals surface area contributed by atoms with E-state index in [9.17, 15) is 0 Å². The summed E-state index contributed by atoms with van der Waals surface area (Å²) in [5, 5.41) is 4.55. The molecule has 0 aromatic heterocycles. The molecule has 1 aromatic carbocycles. The number of halogens is 2. The Balaban J connectivity index is 2.49. The predicted molar refractivity (Wildman–Crippen MR) is 70.7 cm³/mol. The lowest BCUT2D eigenvalue weighted by Crippen LogP contribution is -2.25. The van der Waals surface area contributed by atoms with Crippen LogP contribution in [0.5, 0.6) is 0 Å². The average molecular weight is 262 g/mol. The normalized spacial score (nSPS) is 11.6. The molecule has 0 fully saturated rings. The molecule has 0 aliphatic rings. The van der Waals surface area contributed by atoms with E-state index < -0.39 is 0 Å². The molecule has 1 aromatic rings. The van der Waals surface area contributed by atoms with Gasteiger partial charge in [-0.05, 0) is 38.5 Å². The Morgan fingerprint density at radius 3 is 2.56 bits per heavy atom. The van der Waals surface area contributed by atoms with Crippen LogP contribution in [0.3, 0.4) is 0 Å². The quantitative estimate of drug-likeness (QED) is 0.857. The van der Waals surface area contributed by atoms with Crippen molar-refractivity contribution >= 4 is 28.9 Å². The van der Waals surface area contributed by atoms with Gasteiger partial charge >= 0.3 is 0 Å². The van der Waals surface area contributed by atoms with E-state index >= 15 is 0 Å². The SMILES string of the molecule is COC(C)(C)CCNc1ccc(Cl)cc1Cl. The molecule has 0 bridgehead atoms. The molecule has 90 valence electrons. The fourth-order valence-electron chi connectivity index (χ4n) is 1.23. The van der Waals surface area contributed by atoms with Gasteiger partial charge in [0.15, 0.2) is 0 Å². The Bertz CT molecular complexity index is 353. The molecule has 0 atom stereocenters. The molecule has 0 aliphatic carbocycles. The Morgan fingerprint density at radius 1 is 1.31 bits per heavy atom. The lowest BCUT2D eigenvalue weighted by molar-refractivity contribution is 0.0185. The van der Waals surface area contributed by atoms with Crippen LogP contribution in [-0.4, -0.2) is 19.3 Å². The molecule has 0 amide bonds. The van der Waals surface area contributed by atoms with Gasteiger partial charge in [0, 0.05) is 18.7 Å². The third-order valence-electron chi connectivity index (χ3n) is 2.53. The van der Waals surface area contributed by atoms with Crippen molar-refractivity contribution in [2.45, 2.75) is 25.9 Å². The van der Waals surface area contributed by atoms with E-state index in [1.165, 1.54) is 0 Å². The highest BCUT2D eigenvalue weighted by Gasteiger charge is 2.15. The van der Waals surface area contributed by atoms with Crippen LogP contribution in [0.2, 0.25) is 10.0 Å². The summed E-state index contributed by atoms with van der Waals surface area (Å²) in [4.78, 5) is 0. The highest BCUT2D eigenvalue weighted by Crippen LogP contribution is 2.25. The molecule has 2 nitrogen and oxygen atoms in total. The third-order valence-corrected chi connectivity index (χ3v) is 3.07. The lowest BCUT2D eigenvalue weighted by atomic mass is 10.1. The maximum Gasteiger partial charge on any atom is 0.0652 e. The molecule has 0 spiro atoms. The topological polar surface area (TPSA) is 21.3 Å². The van der Waals surface area contributed by atoms with Gasteiger partial charge in [-0.1, -0.05) is 23.2 Å². The lowest BCUT2D eigenvalue weighted by Gasteiger charge is -2.23. The zero-order valence-electron chi connectivity index (χ0n) is 9.81. The number of methoxy groups -OCH3 is 1. The van der Waals surface area contributed by atoms with Crippen LogP contribution in [0.15, 0.2) is 18.2 Å². The molecule has 0 radical (unpaired) electrons. The number of hydrogen-bond acceptors (Lipinski definition) is 2. The summed E-state index contributed by atoms with van der Waals surface area (Å²) in [5.74, 6) is 0. The van der Waals surface area contributed by atoms with Crippen LogP contribution in [0.25, 0.3) is 0 Å². The van der Waals surface area contributed by atoms with Gasteiger partial charge in [0.2, 0.25) is 0 Å². The number of anilines is 1. The molecule has 0 saturated carbocycles. The van der Waals surface area contributed by atoms with Gasteiger partial charge in [0.25, 0.3) is 0 Å². The summed E-state index contributed by atoms with van der Waals surface area (Å²) in [7, 11) is 1.72. The van der Waals surface area contributed by atoms with Crippen molar-refractivity contribution in [1.82, 2.24) is 0 Å². The zero-order valence-corrected chi connectivity index (χ0v) is 11.3. The molecular formula is C12H17Cl2NO. The number of rotatable bonds is 5. The average Bonchev–Trinajstić information content (AvgIpc) is 2.21. The van der Waals surface area contributed by atoms with Crippen molar-refractivity contribution in [3.8, 4) is 0 Å². The van der Waals surface area contributed by atoms with Crippen molar-refractivity contribution < 1.29 is 4.74 Å². The molecule has 16 heavy (non-hydrogen) atoms. The van der Waals surface area contributed by atoms with Crippen LogP contribution in [0, 0.1) is 0 Å². The number of benzene rings is 1. The Kier molecular flexibility index (Phi) is 4.90. The van der Waals surface area contributed by atoms with Crippen molar-refractivity contribution in [3.05, 3.63) is 28.2 Å². The molecule has 0 heterocycles. The van der Waals surface area contributed by atoms with E-state index in [4.69, 9.17) is 27.9 Å². The minimum atomic E-state index is -0.119. The summed E-state index contributed by atoms with van der Waals surface area (Å²) in [6.45, 7) is 4.92. The minimum Gasteiger partial charge on any atom is -0.384 e. The second kappa shape index (κ2) is 5.76. The van der Waals surface area contributed by atoms with Crippen molar-refractivity contribution in [2.75, 3.05) is 19.0 Å². The summed E-state index contributed by atoms with van der Waals surface area (Å²) in [5.41, 5.74) is 0.782. The van der Waals surface area contributed by atoms with Crippen LogP contribution >= 0.6 is 23.2 Å². The van der Waals surface area contributed by atoms with Gasteiger partial charge in [0.05, 0.1) is 16.3 Å². The van der Waals surface area contributed by atoms with Gasteiger partial charge < -0.3 is 10.1 Å². The second-order valence-electron chi connectivity index (χ2n) is 4.26. The van der Waals surface area contributed by atoms with E-state index in [1.807, 2.05) is 12.1 Å². The highest BCUT2D eigenvalue weighted by atomic mass is 35.5. The molecule has 0 aliphatic heterocycles. The fourth-order valence-corrected chi connectivity index (χ4v) is 1.71. The first kappa shape index (κ1) is 13.6. The summed E-state index contributed by atoms with van der Waals surface area (Å²) in [6, 6.07) is 5.43. The van der Waals surface area contributed by atoms with E-state index in [0.717, 1.165) is 18.7 Å². The van der Waals surface area contributed by atoms with Crippen LogP contribution < -0.4 is 5.32 Å². The van der Waals surface area contributed by atoms with Gasteiger partial charge in [-0.2, -0.15) is 0 Å². The van der Waals surface area contributed by atoms with Crippen LogP contribution in [-0.2, 0) is 4.74 Å². The molecule has 4 heteroatoms. The maximum absolute atomic E-state index is 6.04. The molecule has 0 unspecified atom stereocenters. The maximum atomic E-state index is 6.04. The molecule has 0 saturated heterocycles. The first-order valence-electron chi connectivity index (χ1n) is 5.19. The standard InChI is InChI=1S/C12H17Cl2NO/c1-12(2,16-3)6-7-15-11-5-4-9(13)8-10(11)14/h4-5,8,15H,6-7H2,1-3H3. The highest BCUT2D eigenvalue weighted by molar-refractivity contribution is 6.36. The van der Waals surface area contributed by atoms with Crippen molar-refractivity contribution in [1.29, 1.82) is 0 Å². The van der Waals surface area contributed by atoms with Crippen LogP contribution in [0.1, 0.15) is 20.3 Å². The number of hydrogen-bond donors (Lipinski definition) is 1. The van der Waals surface area contributed by atoms with Crippen molar-refractivity contribution in [3.63, 3.8) is 0 Å². The van der Waals surface area contributed by atoms with Crippen LogP contribution in [0.4, 0.5) is 5.69 Å². The van der Waals surface area contributed by atoms with Gasteiger partial charge in [-0.15, -0.1) is 0 Å². The molecule has 1 N–H and O–H groups in total. The smallest absolute Gasteiger partial charge is 0.0652 e. The monoisotopic (exact) mass is 261 g/mol. The zero-order chi connectivity index (χ0) is 12.2. The first-order chi connectivity index (χ1) is 7.44. The first-order valence-corrected chi connectivity index (χ1v) is 5.94. The van der Waals surface area contributed by atoms with Crippen molar-refractivity contribution in [2.24, 2.45) is 0 Å². The van der Waals surface area contributed by atoms with Gasteiger partial charge in [-0.25, -0.2) is 0 Å². The summed E-state index contributed by atoms with van der Waals surface area (Å²) < 4.78 is 5.33. The Morgan fingerprint density at radius 2 is 2.00 bits per heavy atom. The van der Waals surface area contributed by atoms with Gasteiger partial charge in [-0.3, -0.25) is 0 Å². The second-order valence-corrected chi connectivity index (χ2v) is 5.11. The van der Waals surface area contributed by atoms with E-state index in [1.54, 1.807) is 13.2 Å². The summed E-state index contributed by atoms with van der Waals surface area (Å²) >= 11 is 11.8. The van der Waals surface area contributed by atoms with E-state index in [-0.39, 0.29) is 5.60 Å². The minimum absolute atomic E-state index is 0.119.